The molecule has 0 unspecified atom stereocenters. The molecule has 0 aliphatic carbocycles. The fraction of sp³-hybridized carbons (Fsp3) is 0.0833. The standard InChI is InChI=1S/C12H6Br2F2O2S/c13-7-3-6(15)4-8(16)12(7)18-5-9(17)10-1-2-11(14)19-10/h1-4H,5H2. The second kappa shape index (κ2) is 6.11. The monoisotopic (exact) mass is 410 g/mol. The predicted octanol–water partition coefficient (Wildman–Crippen LogP) is 4.81. The molecule has 0 aliphatic heterocycles. The van der Waals surface area contributed by atoms with Gasteiger partial charge in [0.2, 0.25) is 5.78 Å². The van der Waals surface area contributed by atoms with Gasteiger partial charge in [0.25, 0.3) is 0 Å². The lowest BCUT2D eigenvalue weighted by molar-refractivity contribution is 0.0922. The van der Waals surface area contributed by atoms with Crippen LogP contribution in [0.2, 0.25) is 0 Å². The predicted molar refractivity (Wildman–Crippen MR) is 75.9 cm³/mol. The van der Waals surface area contributed by atoms with Gasteiger partial charge in [-0.1, -0.05) is 0 Å². The Hall–Kier alpha value is -0.790. The first-order valence-corrected chi connectivity index (χ1v) is 7.43. The van der Waals surface area contributed by atoms with Gasteiger partial charge >= 0.3 is 0 Å². The van der Waals surface area contributed by atoms with E-state index in [0.717, 1.165) is 9.85 Å². The Morgan fingerprint density at radius 1 is 1.26 bits per heavy atom. The van der Waals surface area contributed by atoms with Crippen LogP contribution in [-0.4, -0.2) is 12.4 Å². The fourth-order valence-electron chi connectivity index (χ4n) is 1.34. The molecule has 0 radical (unpaired) electrons. The molecule has 7 heteroatoms. The minimum Gasteiger partial charge on any atom is -0.481 e. The van der Waals surface area contributed by atoms with Gasteiger partial charge in [-0.2, -0.15) is 0 Å². The lowest BCUT2D eigenvalue weighted by atomic mass is 10.3. The average molecular weight is 412 g/mol. The zero-order valence-corrected chi connectivity index (χ0v) is 13.2. The molecule has 0 atom stereocenters. The Morgan fingerprint density at radius 2 is 2.00 bits per heavy atom. The third-order valence-electron chi connectivity index (χ3n) is 2.16. The number of carbonyl (C=O) groups is 1. The topological polar surface area (TPSA) is 26.3 Å². The van der Waals surface area contributed by atoms with Crippen molar-refractivity contribution in [2.45, 2.75) is 0 Å². The molecule has 0 aliphatic rings. The number of Topliss-reactive ketones (excluding diaryl/α,β-unsaturated/α-hetero) is 1. The second-order valence-electron chi connectivity index (χ2n) is 3.51. The third-order valence-corrected chi connectivity index (χ3v) is 4.41. The van der Waals surface area contributed by atoms with Crippen LogP contribution in [0.4, 0.5) is 8.78 Å². The maximum Gasteiger partial charge on any atom is 0.210 e. The number of carbonyl (C=O) groups excluding carboxylic acids is 1. The van der Waals surface area contributed by atoms with E-state index in [1.165, 1.54) is 11.3 Å². The van der Waals surface area contributed by atoms with E-state index >= 15 is 0 Å². The summed E-state index contributed by atoms with van der Waals surface area (Å²) in [6.07, 6.45) is 0. The highest BCUT2D eigenvalue weighted by atomic mass is 79.9. The van der Waals surface area contributed by atoms with E-state index in [4.69, 9.17) is 4.74 Å². The van der Waals surface area contributed by atoms with Gasteiger partial charge in [0.15, 0.2) is 18.2 Å². The molecule has 0 bridgehead atoms. The van der Waals surface area contributed by atoms with E-state index in [1.54, 1.807) is 12.1 Å². The van der Waals surface area contributed by atoms with Crippen LogP contribution in [0.25, 0.3) is 0 Å². The fourth-order valence-corrected chi connectivity index (χ4v) is 3.17. The Labute approximate surface area is 128 Å². The van der Waals surface area contributed by atoms with Crippen LogP contribution in [-0.2, 0) is 0 Å². The molecule has 0 saturated heterocycles. The smallest absolute Gasteiger partial charge is 0.210 e. The van der Waals surface area contributed by atoms with Gasteiger partial charge in [0.05, 0.1) is 13.1 Å². The van der Waals surface area contributed by atoms with Crippen molar-refractivity contribution in [2.24, 2.45) is 0 Å². The first-order valence-electron chi connectivity index (χ1n) is 5.03. The van der Waals surface area contributed by atoms with E-state index in [-0.39, 0.29) is 22.6 Å². The van der Waals surface area contributed by atoms with E-state index in [2.05, 4.69) is 31.9 Å². The van der Waals surface area contributed by atoms with E-state index in [1.807, 2.05) is 0 Å². The summed E-state index contributed by atoms with van der Waals surface area (Å²) < 4.78 is 32.4. The van der Waals surface area contributed by atoms with Crippen molar-refractivity contribution in [3.8, 4) is 5.75 Å². The Morgan fingerprint density at radius 3 is 2.58 bits per heavy atom. The number of ketones is 1. The summed E-state index contributed by atoms with van der Waals surface area (Å²) >= 11 is 7.49. The summed E-state index contributed by atoms with van der Waals surface area (Å²) in [7, 11) is 0. The molecule has 0 amide bonds. The summed E-state index contributed by atoms with van der Waals surface area (Å²) in [5.74, 6) is -2.02. The minimum absolute atomic E-state index is 0.130. The largest absolute Gasteiger partial charge is 0.481 e. The molecule has 1 aromatic carbocycles. The van der Waals surface area contributed by atoms with Crippen LogP contribution in [0.3, 0.4) is 0 Å². The summed E-state index contributed by atoms with van der Waals surface area (Å²) in [4.78, 5) is 12.3. The number of hydrogen-bond acceptors (Lipinski definition) is 3. The normalized spacial score (nSPS) is 10.5. The van der Waals surface area contributed by atoms with Crippen molar-refractivity contribution in [3.05, 3.63) is 49.0 Å². The molecule has 1 aromatic heterocycles. The number of rotatable bonds is 4. The second-order valence-corrected chi connectivity index (χ2v) is 6.83. The SMILES string of the molecule is O=C(COc1c(F)cc(F)cc1Br)c1ccc(Br)s1. The molecule has 0 N–H and O–H groups in total. The number of hydrogen-bond donors (Lipinski definition) is 0. The lowest BCUT2D eigenvalue weighted by Crippen LogP contribution is -2.11. The van der Waals surface area contributed by atoms with E-state index in [9.17, 15) is 13.6 Å². The van der Waals surface area contributed by atoms with Gasteiger partial charge in [-0.15, -0.1) is 11.3 Å². The van der Waals surface area contributed by atoms with Gasteiger partial charge in [0, 0.05) is 6.07 Å². The maximum atomic E-state index is 13.5. The molecule has 2 rings (SSSR count). The quantitative estimate of drug-likeness (QED) is 0.674. The Kier molecular flexibility index (Phi) is 4.70. The number of thiophene rings is 1. The summed E-state index contributed by atoms with van der Waals surface area (Å²) in [5.41, 5.74) is 0. The van der Waals surface area contributed by atoms with Crippen molar-refractivity contribution in [3.63, 3.8) is 0 Å². The summed E-state index contributed by atoms with van der Waals surface area (Å²) in [5, 5.41) is 0. The Balaban J connectivity index is 2.09. The highest BCUT2D eigenvalue weighted by Gasteiger charge is 2.14. The molecule has 19 heavy (non-hydrogen) atoms. The molecular formula is C12H6Br2F2O2S. The summed E-state index contributed by atoms with van der Waals surface area (Å²) in [6.45, 7) is -0.311. The van der Waals surface area contributed by atoms with Gasteiger partial charge < -0.3 is 4.74 Å². The van der Waals surface area contributed by atoms with Crippen LogP contribution in [0.15, 0.2) is 32.5 Å². The zero-order chi connectivity index (χ0) is 14.0. The van der Waals surface area contributed by atoms with Crippen LogP contribution in [0, 0.1) is 11.6 Å². The van der Waals surface area contributed by atoms with Crippen LogP contribution < -0.4 is 4.74 Å². The minimum atomic E-state index is -0.855. The highest BCUT2D eigenvalue weighted by Crippen LogP contribution is 2.29. The average Bonchev–Trinajstić information content (AvgIpc) is 2.74. The van der Waals surface area contributed by atoms with Crippen LogP contribution in [0.5, 0.6) is 5.75 Å². The molecule has 0 spiro atoms. The number of benzene rings is 1. The van der Waals surface area contributed by atoms with E-state index < -0.39 is 11.6 Å². The van der Waals surface area contributed by atoms with Crippen LogP contribution >= 0.6 is 43.2 Å². The van der Waals surface area contributed by atoms with Crippen molar-refractivity contribution in [1.82, 2.24) is 0 Å². The zero-order valence-electron chi connectivity index (χ0n) is 9.25. The number of halogens is 4. The molecule has 1 heterocycles. The van der Waals surface area contributed by atoms with Gasteiger partial charge in [-0.05, 0) is 50.1 Å². The van der Waals surface area contributed by atoms with Crippen molar-refractivity contribution in [1.29, 1.82) is 0 Å². The third kappa shape index (κ3) is 3.61. The van der Waals surface area contributed by atoms with Crippen molar-refractivity contribution >= 4 is 49.0 Å². The molecule has 2 aromatic rings. The van der Waals surface area contributed by atoms with Crippen molar-refractivity contribution < 1.29 is 18.3 Å². The highest BCUT2D eigenvalue weighted by molar-refractivity contribution is 9.11. The molecule has 0 saturated carbocycles. The molecule has 2 nitrogen and oxygen atoms in total. The van der Waals surface area contributed by atoms with Crippen LogP contribution in [0.1, 0.15) is 9.67 Å². The maximum absolute atomic E-state index is 13.5. The number of ether oxygens (including phenoxy) is 1. The van der Waals surface area contributed by atoms with Gasteiger partial charge in [-0.3, -0.25) is 4.79 Å². The van der Waals surface area contributed by atoms with Gasteiger partial charge in [0.1, 0.15) is 5.82 Å². The molecular weight excluding hydrogens is 406 g/mol. The van der Waals surface area contributed by atoms with Gasteiger partial charge in [-0.25, -0.2) is 8.78 Å². The first-order chi connectivity index (χ1) is 8.97. The summed E-state index contributed by atoms with van der Waals surface area (Å²) in [6, 6.07) is 5.17. The first kappa shape index (κ1) is 14.6. The Bertz CT molecular complexity index is 605. The lowest BCUT2D eigenvalue weighted by Gasteiger charge is -2.08. The molecule has 100 valence electrons. The molecule has 0 fully saturated rings. The van der Waals surface area contributed by atoms with Crippen molar-refractivity contribution in [2.75, 3.05) is 6.61 Å². The van der Waals surface area contributed by atoms with E-state index in [0.29, 0.717) is 10.9 Å².